The average Bonchev–Trinajstić information content (AvgIpc) is 3.47. The molecule has 3 aliphatic rings. The smallest absolute Gasteiger partial charge is 0.310 e. The Bertz CT molecular complexity index is 1380. The third kappa shape index (κ3) is 7.14. The minimum absolute atomic E-state index is 0.00582. The molecule has 0 spiro atoms. The quantitative estimate of drug-likeness (QED) is 0.290. The molecule has 2 aromatic rings. The number of para-hydroxylation sites is 1. The number of carbonyl (C=O) groups is 5. The van der Waals surface area contributed by atoms with Gasteiger partial charge in [0, 0.05) is 25.2 Å². The standard InChI is InChI=1S/C33H43N3O7S/c1-18(2)27(36-30(40)28(34-19(3)37)20-9-5-4-6-10-20)29(39)23-16-21(43-32-35-24-11-7-8-12-26(24)44-32)15-22(23)25(38)17-33(13-14-33)31(41)42/h7-8,11-12,18,20-23,27-28H,4-6,9-10,13-17H2,1-3H3,(H,34,37)(H,36,40)(H,41,42)/t21-,22-,23?,27+,28+/m1/s1. The fourth-order valence-corrected chi connectivity index (χ4v) is 7.89. The van der Waals surface area contributed by atoms with Gasteiger partial charge in [0.1, 0.15) is 17.9 Å². The van der Waals surface area contributed by atoms with Gasteiger partial charge in [-0.1, -0.05) is 56.6 Å². The molecule has 2 amide bonds. The highest BCUT2D eigenvalue weighted by atomic mass is 32.1. The van der Waals surface area contributed by atoms with Crippen LogP contribution in [0.4, 0.5) is 0 Å². The van der Waals surface area contributed by atoms with Crippen LogP contribution < -0.4 is 15.4 Å². The maximum absolute atomic E-state index is 14.3. The van der Waals surface area contributed by atoms with E-state index in [2.05, 4.69) is 15.6 Å². The maximum Gasteiger partial charge on any atom is 0.310 e. The van der Waals surface area contributed by atoms with E-state index in [0.717, 1.165) is 42.3 Å². The van der Waals surface area contributed by atoms with Gasteiger partial charge in [-0.15, -0.1) is 0 Å². The zero-order chi connectivity index (χ0) is 31.6. The molecule has 1 aromatic heterocycles. The largest absolute Gasteiger partial charge is 0.481 e. The average molecular weight is 626 g/mol. The lowest BCUT2D eigenvalue weighted by molar-refractivity contribution is -0.146. The van der Waals surface area contributed by atoms with E-state index in [1.807, 2.05) is 38.1 Å². The van der Waals surface area contributed by atoms with E-state index in [0.29, 0.717) is 18.0 Å². The van der Waals surface area contributed by atoms with Crippen molar-refractivity contribution in [3.05, 3.63) is 24.3 Å². The molecule has 11 heteroatoms. The molecule has 5 rings (SSSR count). The predicted molar refractivity (Wildman–Crippen MR) is 165 cm³/mol. The van der Waals surface area contributed by atoms with Crippen molar-refractivity contribution >= 4 is 50.9 Å². The molecule has 10 nitrogen and oxygen atoms in total. The number of ether oxygens (including phenoxy) is 1. The molecule has 44 heavy (non-hydrogen) atoms. The normalized spacial score (nSPS) is 24.4. The van der Waals surface area contributed by atoms with Crippen LogP contribution in [-0.4, -0.2) is 57.6 Å². The second kappa shape index (κ2) is 13.3. The zero-order valence-corrected chi connectivity index (χ0v) is 26.5. The summed E-state index contributed by atoms with van der Waals surface area (Å²) >= 11 is 1.40. The summed E-state index contributed by atoms with van der Waals surface area (Å²) in [6.45, 7) is 5.08. The lowest BCUT2D eigenvalue weighted by Gasteiger charge is -2.32. The van der Waals surface area contributed by atoms with Crippen LogP contribution in [0, 0.1) is 29.1 Å². The van der Waals surface area contributed by atoms with Gasteiger partial charge >= 0.3 is 5.97 Å². The van der Waals surface area contributed by atoms with E-state index in [1.54, 1.807) is 0 Å². The number of fused-ring (bicyclic) bond motifs is 1. The van der Waals surface area contributed by atoms with Gasteiger partial charge in [0.15, 0.2) is 5.78 Å². The fraction of sp³-hybridized carbons (Fsp3) is 0.636. The Balaban J connectivity index is 1.36. The Labute approximate surface area is 261 Å². The van der Waals surface area contributed by atoms with Crippen LogP contribution in [0.1, 0.15) is 85.0 Å². The number of aromatic nitrogens is 1. The molecule has 0 radical (unpaired) electrons. The summed E-state index contributed by atoms with van der Waals surface area (Å²) in [7, 11) is 0. The molecule has 0 aliphatic heterocycles. The van der Waals surface area contributed by atoms with Crippen LogP contribution >= 0.6 is 11.3 Å². The molecule has 5 atom stereocenters. The van der Waals surface area contributed by atoms with Gasteiger partial charge in [-0.3, -0.25) is 24.0 Å². The molecule has 3 aliphatic carbocycles. The number of carbonyl (C=O) groups excluding carboxylic acids is 4. The fourth-order valence-electron chi connectivity index (χ4n) is 7.01. The van der Waals surface area contributed by atoms with E-state index in [4.69, 9.17) is 4.74 Å². The van der Waals surface area contributed by atoms with Crippen molar-refractivity contribution in [1.82, 2.24) is 15.6 Å². The Hall–Kier alpha value is -3.34. The van der Waals surface area contributed by atoms with Crippen LogP contribution in [0.2, 0.25) is 0 Å². The van der Waals surface area contributed by atoms with Gasteiger partial charge in [-0.25, -0.2) is 4.98 Å². The molecule has 0 saturated heterocycles. The first-order chi connectivity index (χ1) is 21.0. The van der Waals surface area contributed by atoms with Crippen molar-refractivity contribution in [3.63, 3.8) is 0 Å². The third-order valence-corrected chi connectivity index (χ3v) is 10.6. The summed E-state index contributed by atoms with van der Waals surface area (Å²) in [5, 5.41) is 16.0. The Morgan fingerprint density at radius 2 is 1.70 bits per heavy atom. The first-order valence-electron chi connectivity index (χ1n) is 15.9. The number of carboxylic acids is 1. The zero-order valence-electron chi connectivity index (χ0n) is 25.7. The molecular weight excluding hydrogens is 582 g/mol. The SMILES string of the molecule is CC(=O)N[C@H](C(=O)N[C@H](C(=O)C1C[C@H](Oc2nc3ccccc3s2)C[C@H]1C(=O)CC1(C(=O)O)CC1)C(C)C)C1CCCCC1. The summed E-state index contributed by atoms with van der Waals surface area (Å²) in [4.78, 5) is 70.1. The van der Waals surface area contributed by atoms with Crippen LogP contribution in [0.25, 0.3) is 10.2 Å². The Morgan fingerprint density at radius 3 is 2.32 bits per heavy atom. The van der Waals surface area contributed by atoms with Crippen molar-refractivity contribution < 1.29 is 33.8 Å². The van der Waals surface area contributed by atoms with E-state index in [9.17, 15) is 29.1 Å². The number of rotatable bonds is 13. The number of ketones is 2. The molecule has 238 valence electrons. The highest BCUT2D eigenvalue weighted by Crippen LogP contribution is 2.51. The number of amides is 2. The van der Waals surface area contributed by atoms with Crippen molar-refractivity contribution in [2.75, 3.05) is 0 Å². The molecule has 3 fully saturated rings. The van der Waals surface area contributed by atoms with E-state index in [-0.39, 0.29) is 54.5 Å². The first-order valence-corrected chi connectivity index (χ1v) is 16.7. The van der Waals surface area contributed by atoms with Crippen molar-refractivity contribution in [3.8, 4) is 5.19 Å². The summed E-state index contributed by atoms with van der Waals surface area (Å²) in [5.74, 6) is -3.91. The second-order valence-corrected chi connectivity index (χ2v) is 14.3. The molecule has 0 bridgehead atoms. The minimum atomic E-state index is -1.05. The second-order valence-electron chi connectivity index (χ2n) is 13.3. The molecule has 1 unspecified atom stereocenters. The summed E-state index contributed by atoms with van der Waals surface area (Å²) in [6, 6.07) is 6.05. The highest BCUT2D eigenvalue weighted by Gasteiger charge is 2.54. The summed E-state index contributed by atoms with van der Waals surface area (Å²) in [5.41, 5.74) is -0.245. The topological polar surface area (TPSA) is 152 Å². The molecule has 3 saturated carbocycles. The first kappa shape index (κ1) is 32.1. The molecular formula is C33H43N3O7S. The van der Waals surface area contributed by atoms with Crippen LogP contribution in [-0.2, 0) is 24.0 Å². The molecule has 3 N–H and O–H groups in total. The van der Waals surface area contributed by atoms with E-state index < -0.39 is 41.4 Å². The Kier molecular flexibility index (Phi) is 9.72. The van der Waals surface area contributed by atoms with E-state index in [1.165, 1.54) is 18.3 Å². The van der Waals surface area contributed by atoms with Gasteiger partial charge in [-0.2, -0.15) is 0 Å². The van der Waals surface area contributed by atoms with Crippen LogP contribution in [0.15, 0.2) is 24.3 Å². The number of aliphatic carboxylic acids is 1. The Morgan fingerprint density at radius 1 is 1.02 bits per heavy atom. The third-order valence-electron chi connectivity index (χ3n) is 9.69. The minimum Gasteiger partial charge on any atom is -0.481 e. The number of benzene rings is 1. The van der Waals surface area contributed by atoms with Gasteiger partial charge in [0.05, 0.1) is 21.7 Å². The molecule has 1 aromatic carbocycles. The van der Waals surface area contributed by atoms with Crippen LogP contribution in [0.5, 0.6) is 5.19 Å². The number of thiazole rings is 1. The lowest BCUT2D eigenvalue weighted by atomic mass is 9.79. The van der Waals surface area contributed by atoms with Crippen molar-refractivity contribution in [2.45, 2.75) is 103 Å². The number of hydrogen-bond acceptors (Lipinski definition) is 8. The van der Waals surface area contributed by atoms with Gasteiger partial charge in [-0.05, 0) is 62.5 Å². The predicted octanol–water partition coefficient (Wildman–Crippen LogP) is 4.69. The lowest BCUT2D eigenvalue weighted by Crippen LogP contribution is -2.56. The summed E-state index contributed by atoms with van der Waals surface area (Å²) < 4.78 is 7.21. The number of nitrogens with zero attached hydrogens (tertiary/aromatic N) is 1. The summed E-state index contributed by atoms with van der Waals surface area (Å²) in [6.07, 6.45) is 5.58. The monoisotopic (exact) mass is 625 g/mol. The van der Waals surface area contributed by atoms with Crippen molar-refractivity contribution in [2.24, 2.45) is 29.1 Å². The number of Topliss-reactive ketones (excluding diaryl/α,β-unsaturated/α-hetero) is 2. The highest BCUT2D eigenvalue weighted by molar-refractivity contribution is 7.20. The number of hydrogen-bond donors (Lipinski definition) is 3. The van der Waals surface area contributed by atoms with Crippen LogP contribution in [0.3, 0.4) is 0 Å². The van der Waals surface area contributed by atoms with E-state index >= 15 is 0 Å². The van der Waals surface area contributed by atoms with Crippen molar-refractivity contribution in [1.29, 1.82) is 0 Å². The van der Waals surface area contributed by atoms with Gasteiger partial charge < -0.3 is 20.5 Å². The van der Waals surface area contributed by atoms with Gasteiger partial charge in [0.25, 0.3) is 5.19 Å². The molecule has 1 heterocycles. The number of nitrogens with one attached hydrogen (secondary N) is 2. The number of carboxylic acid groups (broad SMARTS) is 1. The van der Waals surface area contributed by atoms with Gasteiger partial charge in [0.2, 0.25) is 11.8 Å². The maximum atomic E-state index is 14.3.